The second-order valence-electron chi connectivity index (χ2n) is 8.42. The van der Waals surface area contributed by atoms with Crippen LogP contribution >= 0.6 is 11.6 Å². The number of ketones is 1. The molecule has 0 spiro atoms. The molecule has 0 aliphatic rings. The van der Waals surface area contributed by atoms with Crippen LogP contribution in [0.4, 0.5) is 18.9 Å². The molecule has 8 nitrogen and oxygen atoms in total. The number of anilines is 1. The number of methoxy groups -OCH3 is 2. The Hall–Kier alpha value is -3.90. The molecule has 0 fully saturated rings. The van der Waals surface area contributed by atoms with Crippen LogP contribution in [0, 0.1) is 0 Å². The fourth-order valence-corrected chi connectivity index (χ4v) is 4.84. The first-order valence-electron chi connectivity index (χ1n) is 11.2. The molecule has 4 aromatic rings. The van der Waals surface area contributed by atoms with E-state index in [2.05, 4.69) is 15.0 Å². The summed E-state index contributed by atoms with van der Waals surface area (Å²) in [6.07, 6.45) is -3.89. The van der Waals surface area contributed by atoms with Crippen LogP contribution in [0.15, 0.2) is 59.5 Å². The van der Waals surface area contributed by atoms with Gasteiger partial charge in [0.15, 0.2) is 15.6 Å². The molecule has 0 aliphatic carbocycles. The van der Waals surface area contributed by atoms with Crippen LogP contribution in [0.2, 0.25) is 5.02 Å². The maximum atomic E-state index is 13.6. The van der Waals surface area contributed by atoms with Gasteiger partial charge in [-0.15, -0.1) is 13.2 Å². The summed E-state index contributed by atoms with van der Waals surface area (Å²) in [5, 5.41) is 3.44. The smallest absolute Gasteiger partial charge is 0.497 e. The molecule has 13 heteroatoms. The number of benzene rings is 3. The van der Waals surface area contributed by atoms with Gasteiger partial charge in [0.1, 0.15) is 17.2 Å². The Labute approximate surface area is 226 Å². The Morgan fingerprint density at radius 3 is 2.38 bits per heavy atom. The van der Waals surface area contributed by atoms with E-state index in [4.69, 9.17) is 21.1 Å². The predicted octanol–water partition coefficient (Wildman–Crippen LogP) is 6.10. The van der Waals surface area contributed by atoms with Gasteiger partial charge in [0.05, 0.1) is 36.9 Å². The van der Waals surface area contributed by atoms with Crippen molar-refractivity contribution < 1.29 is 40.6 Å². The number of carbonyl (C=O) groups is 1. The van der Waals surface area contributed by atoms with Gasteiger partial charge in [-0.05, 0) is 48.5 Å². The van der Waals surface area contributed by atoms with Crippen LogP contribution < -0.4 is 19.5 Å². The summed E-state index contributed by atoms with van der Waals surface area (Å²) in [7, 11) is -0.798. The van der Waals surface area contributed by atoms with Crippen LogP contribution in [0.3, 0.4) is 0 Å². The Bertz CT molecular complexity index is 1670. The molecule has 206 valence electrons. The van der Waals surface area contributed by atoms with E-state index < -0.39 is 27.7 Å². The summed E-state index contributed by atoms with van der Waals surface area (Å²) in [4.78, 5) is 16.7. The standard InChI is InChI=1S/C26H22ClF3N2O6S/c1-36-17-9-15(10-18(11-17)39(3,34)35)31-13-22(33)24-20-12-16(38-26(28,29)30)5-7-21(20)32-25(24)19-6-4-14(27)8-23(19)37-2/h4-12,31-32H,13H2,1-3H3. The number of hydrogen-bond acceptors (Lipinski definition) is 7. The lowest BCUT2D eigenvalue weighted by atomic mass is 10.0. The van der Waals surface area contributed by atoms with E-state index in [1.165, 1.54) is 44.6 Å². The molecule has 0 aliphatic heterocycles. The van der Waals surface area contributed by atoms with Gasteiger partial charge in [-0.2, -0.15) is 0 Å². The first-order valence-corrected chi connectivity index (χ1v) is 13.5. The van der Waals surface area contributed by atoms with Crippen molar-refractivity contribution in [2.24, 2.45) is 0 Å². The van der Waals surface area contributed by atoms with E-state index in [-0.39, 0.29) is 39.5 Å². The molecule has 0 amide bonds. The molecule has 3 aromatic carbocycles. The lowest BCUT2D eigenvalue weighted by Gasteiger charge is -2.12. The number of Topliss-reactive ketones (excluding diaryl/α,β-unsaturated/α-hetero) is 1. The van der Waals surface area contributed by atoms with Crippen molar-refractivity contribution in [3.63, 3.8) is 0 Å². The first-order chi connectivity index (χ1) is 18.3. The molecule has 0 unspecified atom stereocenters. The third-order valence-corrected chi connectivity index (χ3v) is 7.04. The minimum absolute atomic E-state index is 0.0237. The Balaban J connectivity index is 1.80. The van der Waals surface area contributed by atoms with Gasteiger partial charge in [-0.1, -0.05) is 11.6 Å². The first kappa shape index (κ1) is 28.1. The average Bonchev–Trinajstić information content (AvgIpc) is 3.24. The molecule has 0 radical (unpaired) electrons. The lowest BCUT2D eigenvalue weighted by molar-refractivity contribution is -0.274. The van der Waals surface area contributed by atoms with Crippen LogP contribution in [-0.2, 0) is 9.84 Å². The second kappa shape index (κ2) is 10.7. The molecule has 0 saturated heterocycles. The fraction of sp³-hybridized carbons (Fsp3) is 0.192. The topological polar surface area (TPSA) is 107 Å². The zero-order valence-corrected chi connectivity index (χ0v) is 22.3. The SMILES string of the molecule is COc1cc(NCC(=O)c2c(-c3ccc(Cl)cc3OC)[nH]c3ccc(OC(F)(F)F)cc23)cc(S(C)(=O)=O)c1. The molecule has 2 N–H and O–H groups in total. The summed E-state index contributed by atoms with van der Waals surface area (Å²) >= 11 is 6.09. The van der Waals surface area contributed by atoms with Crippen LogP contribution in [-0.4, -0.2) is 52.6 Å². The van der Waals surface area contributed by atoms with Gasteiger partial charge in [-0.25, -0.2) is 8.42 Å². The molecular formula is C26H22ClF3N2O6S. The van der Waals surface area contributed by atoms with E-state index in [0.717, 1.165) is 18.4 Å². The van der Waals surface area contributed by atoms with Crippen molar-refractivity contribution in [2.45, 2.75) is 11.3 Å². The molecule has 0 saturated carbocycles. The van der Waals surface area contributed by atoms with E-state index in [9.17, 15) is 26.4 Å². The van der Waals surface area contributed by atoms with Gasteiger partial charge >= 0.3 is 6.36 Å². The number of aromatic amines is 1. The van der Waals surface area contributed by atoms with E-state index >= 15 is 0 Å². The molecule has 4 rings (SSSR count). The maximum absolute atomic E-state index is 13.6. The maximum Gasteiger partial charge on any atom is 0.573 e. The number of rotatable bonds is 9. The third-order valence-electron chi connectivity index (χ3n) is 5.71. The second-order valence-corrected chi connectivity index (χ2v) is 10.9. The Morgan fingerprint density at radius 2 is 1.74 bits per heavy atom. The molecule has 1 aromatic heterocycles. The summed E-state index contributed by atoms with van der Waals surface area (Å²) in [6, 6.07) is 12.5. The largest absolute Gasteiger partial charge is 0.573 e. The molecule has 1 heterocycles. The summed E-state index contributed by atoms with van der Waals surface area (Å²) in [5.41, 5.74) is 1.46. The van der Waals surface area contributed by atoms with Crippen LogP contribution in [0.1, 0.15) is 10.4 Å². The minimum atomic E-state index is -4.93. The molecule has 0 bridgehead atoms. The number of hydrogen-bond donors (Lipinski definition) is 2. The van der Waals surface area contributed by atoms with Gasteiger partial charge in [0.25, 0.3) is 0 Å². The summed E-state index contributed by atoms with van der Waals surface area (Å²) in [6.45, 7) is -0.337. The van der Waals surface area contributed by atoms with Crippen LogP contribution in [0.5, 0.6) is 17.2 Å². The van der Waals surface area contributed by atoms with Crippen molar-refractivity contribution >= 4 is 43.8 Å². The number of aromatic nitrogens is 1. The molecule has 39 heavy (non-hydrogen) atoms. The quantitative estimate of drug-likeness (QED) is 0.230. The highest BCUT2D eigenvalue weighted by atomic mass is 35.5. The Morgan fingerprint density at radius 1 is 1.00 bits per heavy atom. The number of fused-ring (bicyclic) bond motifs is 1. The third kappa shape index (κ3) is 6.40. The van der Waals surface area contributed by atoms with Gasteiger partial charge in [-0.3, -0.25) is 4.79 Å². The van der Waals surface area contributed by atoms with Gasteiger partial charge < -0.3 is 24.5 Å². The predicted molar refractivity (Wildman–Crippen MR) is 141 cm³/mol. The number of halogens is 4. The number of ether oxygens (including phenoxy) is 3. The lowest BCUT2D eigenvalue weighted by Crippen LogP contribution is -2.17. The van der Waals surface area contributed by atoms with Crippen molar-refractivity contribution in [2.75, 3.05) is 32.3 Å². The van der Waals surface area contributed by atoms with Crippen LogP contribution in [0.25, 0.3) is 22.2 Å². The number of alkyl halides is 3. The number of H-pyrrole nitrogens is 1. The fourth-order valence-electron chi connectivity index (χ4n) is 4.01. The Kier molecular flexibility index (Phi) is 7.71. The van der Waals surface area contributed by atoms with E-state index in [0.29, 0.717) is 21.9 Å². The molecule has 0 atom stereocenters. The van der Waals surface area contributed by atoms with Crippen molar-refractivity contribution in [1.82, 2.24) is 4.98 Å². The number of nitrogens with one attached hydrogen (secondary N) is 2. The van der Waals surface area contributed by atoms with Crippen molar-refractivity contribution in [3.8, 4) is 28.5 Å². The summed E-state index contributed by atoms with van der Waals surface area (Å²) < 4.78 is 77.5. The number of sulfone groups is 1. The van der Waals surface area contributed by atoms with Gasteiger partial charge in [0.2, 0.25) is 0 Å². The highest BCUT2D eigenvalue weighted by Gasteiger charge is 2.32. The monoisotopic (exact) mass is 582 g/mol. The summed E-state index contributed by atoms with van der Waals surface area (Å²) in [5.74, 6) is -0.439. The highest BCUT2D eigenvalue weighted by molar-refractivity contribution is 7.90. The number of carbonyl (C=O) groups excluding carboxylic acids is 1. The molecular weight excluding hydrogens is 561 g/mol. The zero-order chi connectivity index (χ0) is 28.5. The minimum Gasteiger partial charge on any atom is -0.497 e. The highest BCUT2D eigenvalue weighted by Crippen LogP contribution is 2.39. The van der Waals surface area contributed by atoms with Crippen molar-refractivity contribution in [3.05, 3.63) is 65.2 Å². The van der Waals surface area contributed by atoms with E-state index in [1.54, 1.807) is 12.1 Å². The average molecular weight is 583 g/mol. The van der Waals surface area contributed by atoms with E-state index in [1.807, 2.05) is 0 Å². The van der Waals surface area contributed by atoms with Crippen molar-refractivity contribution in [1.29, 1.82) is 0 Å². The van der Waals surface area contributed by atoms with Gasteiger partial charge in [0, 0.05) is 39.5 Å². The zero-order valence-electron chi connectivity index (χ0n) is 20.8. The normalized spacial score (nSPS) is 11.9.